The van der Waals surface area contributed by atoms with E-state index in [9.17, 15) is 9.18 Å². The summed E-state index contributed by atoms with van der Waals surface area (Å²) in [5.74, 6) is -0.538. The fraction of sp³-hybridized carbons (Fsp3) is 0.143. The largest absolute Gasteiger partial charge is 0.385 e. The molecule has 3 aromatic rings. The van der Waals surface area contributed by atoms with Gasteiger partial charge in [-0.15, -0.1) is 0 Å². The topological polar surface area (TPSA) is 54.0 Å². The highest BCUT2D eigenvalue weighted by molar-refractivity contribution is 6.31. The molecule has 4 nitrogen and oxygen atoms in total. The first-order valence-electron chi connectivity index (χ1n) is 8.54. The molecular formula is C21H19ClFN3O. The zero-order valence-electron chi connectivity index (χ0n) is 14.8. The zero-order chi connectivity index (χ0) is 19.2. The minimum Gasteiger partial charge on any atom is -0.385 e. The maximum Gasteiger partial charge on any atom is 0.274 e. The standard InChI is InChI=1S/C21H19ClFN3O/c1-14-17(22)6-4-8-19(14)26-21(27)20-13-16(10-12-25-20)24-11-9-15-5-2-3-7-18(15)23/h2-8,10,12-13H,9,11H2,1H3,(H,24,25)(H,26,27). The van der Waals surface area contributed by atoms with Gasteiger partial charge in [0, 0.05) is 29.1 Å². The number of carbonyl (C=O) groups is 1. The monoisotopic (exact) mass is 383 g/mol. The van der Waals surface area contributed by atoms with Gasteiger partial charge in [0.05, 0.1) is 0 Å². The molecule has 3 rings (SSSR count). The molecule has 2 N–H and O–H groups in total. The molecule has 0 radical (unpaired) electrons. The van der Waals surface area contributed by atoms with Crippen molar-refractivity contribution < 1.29 is 9.18 Å². The lowest BCUT2D eigenvalue weighted by Gasteiger charge is -2.11. The molecule has 0 aliphatic rings. The maximum atomic E-state index is 13.7. The van der Waals surface area contributed by atoms with Crippen LogP contribution in [0.25, 0.3) is 0 Å². The molecule has 1 heterocycles. The third kappa shape index (κ3) is 4.83. The molecule has 2 aromatic carbocycles. The lowest BCUT2D eigenvalue weighted by Crippen LogP contribution is -2.15. The fourth-order valence-corrected chi connectivity index (χ4v) is 2.81. The number of carbonyl (C=O) groups excluding carboxylic acids is 1. The van der Waals surface area contributed by atoms with Crippen molar-refractivity contribution in [3.8, 4) is 0 Å². The maximum absolute atomic E-state index is 13.7. The molecule has 0 atom stereocenters. The number of hydrogen-bond acceptors (Lipinski definition) is 3. The Morgan fingerprint density at radius 3 is 2.78 bits per heavy atom. The highest BCUT2D eigenvalue weighted by Gasteiger charge is 2.11. The smallest absolute Gasteiger partial charge is 0.274 e. The number of nitrogens with one attached hydrogen (secondary N) is 2. The minimum atomic E-state index is -0.321. The molecule has 0 fully saturated rings. The van der Waals surface area contributed by atoms with Gasteiger partial charge in [-0.25, -0.2) is 4.39 Å². The summed E-state index contributed by atoms with van der Waals surface area (Å²) in [6.07, 6.45) is 2.10. The van der Waals surface area contributed by atoms with Crippen molar-refractivity contribution in [3.05, 3.63) is 88.5 Å². The number of pyridine rings is 1. The Bertz CT molecular complexity index is 962. The zero-order valence-corrected chi connectivity index (χ0v) is 15.6. The van der Waals surface area contributed by atoms with Crippen LogP contribution in [0.15, 0.2) is 60.8 Å². The van der Waals surface area contributed by atoms with Crippen LogP contribution >= 0.6 is 11.6 Å². The summed E-state index contributed by atoms with van der Waals surface area (Å²) < 4.78 is 13.7. The molecule has 0 unspecified atom stereocenters. The van der Waals surface area contributed by atoms with Crippen LogP contribution in [0.4, 0.5) is 15.8 Å². The van der Waals surface area contributed by atoms with E-state index < -0.39 is 0 Å². The normalized spacial score (nSPS) is 10.5. The lowest BCUT2D eigenvalue weighted by molar-refractivity contribution is 0.102. The summed E-state index contributed by atoms with van der Waals surface area (Å²) in [7, 11) is 0. The molecule has 0 saturated carbocycles. The third-order valence-electron chi connectivity index (χ3n) is 4.19. The first-order chi connectivity index (χ1) is 13.0. The van der Waals surface area contributed by atoms with Gasteiger partial charge >= 0.3 is 0 Å². The van der Waals surface area contributed by atoms with Gasteiger partial charge in [0.25, 0.3) is 5.91 Å². The third-order valence-corrected chi connectivity index (χ3v) is 4.60. The van der Waals surface area contributed by atoms with Gasteiger partial charge in [0.1, 0.15) is 11.5 Å². The van der Waals surface area contributed by atoms with Crippen molar-refractivity contribution in [3.63, 3.8) is 0 Å². The number of aromatic nitrogens is 1. The Hall–Kier alpha value is -2.92. The Morgan fingerprint density at radius 1 is 1.15 bits per heavy atom. The van der Waals surface area contributed by atoms with Crippen LogP contribution < -0.4 is 10.6 Å². The molecule has 1 aromatic heterocycles. The van der Waals surface area contributed by atoms with Gasteiger partial charge in [-0.1, -0.05) is 35.9 Å². The number of anilines is 2. The summed E-state index contributed by atoms with van der Waals surface area (Å²) in [6.45, 7) is 2.38. The molecule has 0 aliphatic carbocycles. The van der Waals surface area contributed by atoms with Crippen LogP contribution in [0.2, 0.25) is 5.02 Å². The highest BCUT2D eigenvalue weighted by atomic mass is 35.5. The first kappa shape index (κ1) is 18.9. The first-order valence-corrected chi connectivity index (χ1v) is 8.92. The van der Waals surface area contributed by atoms with E-state index >= 15 is 0 Å². The van der Waals surface area contributed by atoms with Crippen LogP contribution in [0.1, 0.15) is 21.6 Å². The molecule has 0 spiro atoms. The van der Waals surface area contributed by atoms with E-state index in [4.69, 9.17) is 11.6 Å². The van der Waals surface area contributed by atoms with Crippen molar-refractivity contribution >= 4 is 28.9 Å². The number of amides is 1. The van der Waals surface area contributed by atoms with E-state index in [0.29, 0.717) is 29.2 Å². The SMILES string of the molecule is Cc1c(Cl)cccc1NC(=O)c1cc(NCCc2ccccc2F)ccn1. The molecule has 27 heavy (non-hydrogen) atoms. The predicted octanol–water partition coefficient (Wildman–Crippen LogP) is 5.09. The van der Waals surface area contributed by atoms with E-state index in [0.717, 1.165) is 11.3 Å². The molecule has 1 amide bonds. The van der Waals surface area contributed by atoms with Gasteiger partial charge in [0.15, 0.2) is 0 Å². The van der Waals surface area contributed by atoms with Crippen LogP contribution in [0, 0.1) is 12.7 Å². The number of benzene rings is 2. The molecule has 0 saturated heterocycles. The van der Waals surface area contributed by atoms with Crippen molar-refractivity contribution in [1.82, 2.24) is 4.98 Å². The molecule has 138 valence electrons. The van der Waals surface area contributed by atoms with Crippen LogP contribution in [-0.2, 0) is 6.42 Å². The van der Waals surface area contributed by atoms with E-state index in [1.165, 1.54) is 6.07 Å². The van der Waals surface area contributed by atoms with Crippen LogP contribution in [0.5, 0.6) is 0 Å². The Morgan fingerprint density at radius 2 is 1.96 bits per heavy atom. The number of rotatable bonds is 6. The van der Waals surface area contributed by atoms with E-state index in [2.05, 4.69) is 15.6 Å². The van der Waals surface area contributed by atoms with Crippen molar-refractivity contribution in [2.24, 2.45) is 0 Å². The number of hydrogen-bond donors (Lipinski definition) is 2. The number of nitrogens with zero attached hydrogens (tertiary/aromatic N) is 1. The van der Waals surface area contributed by atoms with E-state index in [1.807, 2.05) is 13.0 Å². The second-order valence-electron chi connectivity index (χ2n) is 6.06. The minimum absolute atomic E-state index is 0.217. The van der Waals surface area contributed by atoms with E-state index in [-0.39, 0.29) is 17.4 Å². The lowest BCUT2D eigenvalue weighted by atomic mass is 10.1. The van der Waals surface area contributed by atoms with Crippen LogP contribution in [0.3, 0.4) is 0 Å². The summed E-state index contributed by atoms with van der Waals surface area (Å²) >= 11 is 6.08. The molecule has 6 heteroatoms. The van der Waals surface area contributed by atoms with Crippen molar-refractivity contribution in [2.75, 3.05) is 17.2 Å². The summed E-state index contributed by atoms with van der Waals surface area (Å²) in [5, 5.41) is 6.60. The predicted molar refractivity (Wildman–Crippen MR) is 107 cm³/mol. The van der Waals surface area contributed by atoms with Gasteiger partial charge in [-0.3, -0.25) is 9.78 Å². The second-order valence-corrected chi connectivity index (χ2v) is 6.47. The number of halogens is 2. The van der Waals surface area contributed by atoms with Gasteiger partial charge in [-0.05, 0) is 54.8 Å². The Balaban J connectivity index is 1.63. The van der Waals surface area contributed by atoms with Gasteiger partial charge in [-0.2, -0.15) is 0 Å². The Labute approximate surface area is 162 Å². The Kier molecular flexibility index (Phi) is 6.04. The van der Waals surface area contributed by atoms with Crippen molar-refractivity contribution in [2.45, 2.75) is 13.3 Å². The summed E-state index contributed by atoms with van der Waals surface area (Å²) in [5.41, 5.74) is 3.12. The van der Waals surface area contributed by atoms with Crippen molar-refractivity contribution in [1.29, 1.82) is 0 Å². The second kappa shape index (κ2) is 8.64. The molecular weight excluding hydrogens is 365 g/mol. The quantitative estimate of drug-likeness (QED) is 0.623. The average Bonchev–Trinajstić information content (AvgIpc) is 2.67. The van der Waals surface area contributed by atoms with Gasteiger partial charge < -0.3 is 10.6 Å². The average molecular weight is 384 g/mol. The van der Waals surface area contributed by atoms with Gasteiger partial charge in [0.2, 0.25) is 0 Å². The summed E-state index contributed by atoms with van der Waals surface area (Å²) in [4.78, 5) is 16.6. The molecule has 0 aliphatic heterocycles. The van der Waals surface area contributed by atoms with Crippen LogP contribution in [-0.4, -0.2) is 17.4 Å². The summed E-state index contributed by atoms with van der Waals surface area (Å²) in [6, 6.07) is 15.4. The molecule has 0 bridgehead atoms. The highest BCUT2D eigenvalue weighted by Crippen LogP contribution is 2.23. The van der Waals surface area contributed by atoms with E-state index in [1.54, 1.807) is 48.7 Å². The fourth-order valence-electron chi connectivity index (χ4n) is 2.64.